The van der Waals surface area contributed by atoms with Crippen LogP contribution in [0.3, 0.4) is 0 Å². The number of β-amino-alcohol motifs (C(OH)–C–C–N with tert-alkyl or cyclic N) is 1. The molecule has 12 nitrogen and oxygen atoms in total. The van der Waals surface area contributed by atoms with Crippen molar-refractivity contribution in [2.24, 2.45) is 12.5 Å². The minimum Gasteiger partial charge on any atom is -0.391 e. The van der Waals surface area contributed by atoms with Gasteiger partial charge in [0.2, 0.25) is 17.7 Å². The molecule has 4 N–H and O–H groups in total. The van der Waals surface area contributed by atoms with Crippen LogP contribution >= 0.6 is 11.3 Å². The van der Waals surface area contributed by atoms with Crippen molar-refractivity contribution in [3.63, 3.8) is 0 Å². The lowest BCUT2D eigenvalue weighted by atomic mass is 9.85. The van der Waals surface area contributed by atoms with Gasteiger partial charge in [0.25, 0.3) is 0 Å². The number of unbranched alkanes of at least 4 members (excludes halogenated alkanes) is 8. The number of aromatic nitrogens is 4. The van der Waals surface area contributed by atoms with Gasteiger partial charge in [-0.1, -0.05) is 102 Å². The van der Waals surface area contributed by atoms with Gasteiger partial charge in [-0.2, -0.15) is 0 Å². The molecule has 1 fully saturated rings. The quantitative estimate of drug-likeness (QED) is 0.0490. The number of carbonyl (C=O) groups excluding carboxylic acids is 3. The summed E-state index contributed by atoms with van der Waals surface area (Å²) in [5.41, 5.74) is 12.4. The Morgan fingerprint density at radius 1 is 0.859 bits per heavy atom. The first-order valence-corrected chi connectivity index (χ1v) is 26.3. The number of imidazole rings is 1. The number of thiazole rings is 1. The molecule has 0 radical (unpaired) electrons. The van der Waals surface area contributed by atoms with E-state index in [1.165, 1.54) is 59.4 Å². The molecule has 3 aromatic carbocycles. The fraction of sp³-hybridized carbons (Fsp3) is 0.474. The van der Waals surface area contributed by atoms with Gasteiger partial charge in [0.1, 0.15) is 17.9 Å². The Balaban J connectivity index is 0.773. The summed E-state index contributed by atoms with van der Waals surface area (Å²) < 4.78 is 16.0. The van der Waals surface area contributed by atoms with E-state index < -0.39 is 23.6 Å². The summed E-state index contributed by atoms with van der Waals surface area (Å²) in [6.45, 7) is 15.7. The Morgan fingerprint density at radius 2 is 1.54 bits per heavy atom. The van der Waals surface area contributed by atoms with Crippen LogP contribution in [0.15, 0.2) is 78.7 Å². The number of carbonyl (C=O) groups is 3. The number of halogens is 1. The summed E-state index contributed by atoms with van der Waals surface area (Å²) in [7, 11) is 1.99. The average Bonchev–Trinajstić information content (AvgIpc) is 4.06. The van der Waals surface area contributed by atoms with Gasteiger partial charge in [0, 0.05) is 61.8 Å². The van der Waals surface area contributed by atoms with Crippen LogP contribution in [-0.4, -0.2) is 78.5 Å². The van der Waals surface area contributed by atoms with E-state index in [0.29, 0.717) is 11.9 Å². The topological polar surface area (TPSA) is 154 Å². The molecule has 0 spiro atoms. The number of fused-ring (bicyclic) bond motifs is 1. The highest BCUT2D eigenvalue weighted by atomic mass is 32.1. The van der Waals surface area contributed by atoms with Gasteiger partial charge in [-0.25, -0.2) is 14.4 Å². The maximum Gasteiger partial charge on any atom is 0.246 e. The smallest absolute Gasteiger partial charge is 0.246 e. The van der Waals surface area contributed by atoms with Crippen molar-refractivity contribution in [3.8, 4) is 33.0 Å². The number of pyridine rings is 1. The van der Waals surface area contributed by atoms with Gasteiger partial charge in [-0.05, 0) is 98.5 Å². The number of nitrogens with one attached hydrogen (secondary N) is 3. The zero-order valence-corrected chi connectivity index (χ0v) is 43.7. The first-order chi connectivity index (χ1) is 34.0. The van der Waals surface area contributed by atoms with E-state index in [9.17, 15) is 23.9 Å². The lowest BCUT2D eigenvalue weighted by Crippen LogP contribution is -2.57. The molecule has 0 unspecified atom stereocenters. The van der Waals surface area contributed by atoms with E-state index in [-0.39, 0.29) is 42.5 Å². The van der Waals surface area contributed by atoms with Crippen molar-refractivity contribution in [1.82, 2.24) is 40.4 Å². The molecule has 0 aliphatic carbocycles. The van der Waals surface area contributed by atoms with Crippen LogP contribution in [0, 0.1) is 32.0 Å². The number of hydrogen-bond acceptors (Lipinski definition) is 9. The van der Waals surface area contributed by atoms with Gasteiger partial charge < -0.3 is 30.5 Å². The van der Waals surface area contributed by atoms with Crippen molar-refractivity contribution in [2.75, 3.05) is 13.1 Å². The van der Waals surface area contributed by atoms with E-state index in [4.69, 9.17) is 4.98 Å². The van der Waals surface area contributed by atoms with Crippen molar-refractivity contribution in [2.45, 2.75) is 150 Å². The molecule has 0 saturated carbocycles. The Kier molecular flexibility index (Phi) is 18.0. The zero-order valence-electron chi connectivity index (χ0n) is 42.9. The third-order valence-electron chi connectivity index (χ3n) is 13.9. The molecule has 7 rings (SSSR count). The fourth-order valence-corrected chi connectivity index (χ4v) is 10.9. The Hall–Kier alpha value is -5.83. The molecule has 4 heterocycles. The van der Waals surface area contributed by atoms with Crippen LogP contribution in [0.2, 0.25) is 0 Å². The SMILES string of the molecule is Cc1cc(CNCCCCCCCCCCCC(=O)N[C@H](C(=O)N2C[C@H](O)C[C@H]2C(=O)N[C@@H](C)c2ccc(-c3scnc3C)cc2)C(C)(C)C)cc(C)c1-c1ncn(C)c1-c1ccnc2cc(F)ccc12. The fourth-order valence-electron chi connectivity index (χ4n) is 10.0. The highest BCUT2D eigenvalue weighted by molar-refractivity contribution is 7.13. The normalized spacial score (nSPS) is 15.8. The van der Waals surface area contributed by atoms with Crippen LogP contribution in [0.25, 0.3) is 43.9 Å². The highest BCUT2D eigenvalue weighted by Crippen LogP contribution is 2.38. The molecular weight excluding hydrogens is 912 g/mol. The number of likely N-dealkylation sites (tertiary alicyclic amines) is 1. The van der Waals surface area contributed by atoms with Gasteiger partial charge in [-0.3, -0.25) is 19.4 Å². The van der Waals surface area contributed by atoms with Gasteiger partial charge in [0.15, 0.2) is 0 Å². The first-order valence-electron chi connectivity index (χ1n) is 25.5. The number of aliphatic hydroxyl groups is 1. The molecule has 1 saturated heterocycles. The minimum absolute atomic E-state index is 0.0398. The molecule has 3 aromatic heterocycles. The van der Waals surface area contributed by atoms with E-state index in [2.05, 4.69) is 51.9 Å². The summed E-state index contributed by atoms with van der Waals surface area (Å²) >= 11 is 1.59. The molecule has 4 atom stereocenters. The third kappa shape index (κ3) is 13.4. The number of hydrogen-bond donors (Lipinski definition) is 4. The summed E-state index contributed by atoms with van der Waals surface area (Å²) in [4.78, 5) is 57.2. The monoisotopic (exact) mass is 985 g/mol. The lowest BCUT2D eigenvalue weighted by Gasteiger charge is -2.35. The number of nitrogens with zero attached hydrogens (tertiary/aromatic N) is 5. The van der Waals surface area contributed by atoms with Crippen LogP contribution < -0.4 is 16.0 Å². The first kappa shape index (κ1) is 53.0. The van der Waals surface area contributed by atoms with Crippen molar-refractivity contribution in [1.29, 1.82) is 0 Å². The molecule has 6 aromatic rings. The molecule has 378 valence electrons. The Morgan fingerprint density at radius 3 is 2.20 bits per heavy atom. The molecule has 1 aliphatic heterocycles. The van der Waals surface area contributed by atoms with Crippen LogP contribution in [0.4, 0.5) is 4.39 Å². The maximum atomic E-state index is 14.1. The summed E-state index contributed by atoms with van der Waals surface area (Å²) in [6, 6.07) is 17.3. The largest absolute Gasteiger partial charge is 0.391 e. The van der Waals surface area contributed by atoms with E-state index in [1.54, 1.807) is 23.6 Å². The summed E-state index contributed by atoms with van der Waals surface area (Å²) in [6.07, 6.45) is 13.0. The number of benzene rings is 3. The molecule has 71 heavy (non-hydrogen) atoms. The summed E-state index contributed by atoms with van der Waals surface area (Å²) in [5.74, 6) is -1.14. The van der Waals surface area contributed by atoms with Crippen LogP contribution in [0.1, 0.15) is 132 Å². The van der Waals surface area contributed by atoms with E-state index in [0.717, 1.165) is 94.8 Å². The standard InChI is InChI=1S/C57H73FN8O4S/c1-36-28-40(29-37(2)50(36)51-52(65(8)34-61-51)46-25-27-60-47-30-43(58)23-24-45(46)47)32-59-26-17-15-13-11-9-10-12-14-16-18-49(68)64-54(57(5,6)7)56(70)66-33-44(67)31-48(66)55(69)63-38(3)41-19-21-42(22-20-41)53-39(4)62-35-71-53/h19-25,27-30,34-35,38,44,48,54,59,67H,9-18,26,31-33H2,1-8H3,(H,63,69)(H,64,68)/t38-,44+,48-,54+/m0/s1. The highest BCUT2D eigenvalue weighted by Gasteiger charge is 2.44. The number of amides is 3. The number of rotatable bonds is 22. The maximum absolute atomic E-state index is 14.1. The third-order valence-corrected chi connectivity index (χ3v) is 14.9. The molecule has 14 heteroatoms. The number of aryl methyl sites for hydroxylation is 4. The van der Waals surface area contributed by atoms with Crippen LogP contribution in [0.5, 0.6) is 0 Å². The Bertz CT molecular complexity index is 2760. The predicted molar refractivity (Wildman–Crippen MR) is 283 cm³/mol. The van der Waals surface area contributed by atoms with Crippen LogP contribution in [-0.2, 0) is 28.0 Å². The van der Waals surface area contributed by atoms with Gasteiger partial charge in [-0.15, -0.1) is 11.3 Å². The van der Waals surface area contributed by atoms with Crippen molar-refractivity contribution >= 4 is 40.0 Å². The second-order valence-corrected chi connectivity index (χ2v) is 21.5. The second-order valence-electron chi connectivity index (χ2n) is 20.7. The van der Waals surface area contributed by atoms with Gasteiger partial charge >= 0.3 is 0 Å². The predicted octanol–water partition coefficient (Wildman–Crippen LogP) is 10.9. The van der Waals surface area contributed by atoms with Crippen molar-refractivity contribution in [3.05, 3.63) is 112 Å². The minimum atomic E-state index is -0.840. The molecular formula is C57H73FN8O4S. The Labute approximate surface area is 423 Å². The van der Waals surface area contributed by atoms with Crippen molar-refractivity contribution < 1.29 is 23.9 Å². The number of aliphatic hydroxyl groups excluding tert-OH is 1. The second kappa shape index (κ2) is 24.1. The lowest BCUT2D eigenvalue weighted by molar-refractivity contribution is -0.144. The zero-order chi connectivity index (χ0) is 50.8. The molecule has 3 amide bonds. The van der Waals surface area contributed by atoms with Gasteiger partial charge in [0.05, 0.1) is 51.5 Å². The summed E-state index contributed by atoms with van der Waals surface area (Å²) in [5, 5.41) is 21.3. The molecule has 0 bridgehead atoms. The molecule has 1 aliphatic rings. The average molecular weight is 985 g/mol. The van der Waals surface area contributed by atoms with E-state index >= 15 is 0 Å². The van der Waals surface area contributed by atoms with E-state index in [1.807, 2.05) is 88.4 Å².